The molecule has 2 aromatic rings. The van der Waals surface area contributed by atoms with Gasteiger partial charge in [-0.05, 0) is 18.2 Å². The molecule has 6 heteroatoms. The van der Waals surface area contributed by atoms with Crippen LogP contribution in [-0.4, -0.2) is 29.3 Å². The Kier molecular flexibility index (Phi) is 3.53. The molecule has 0 amide bonds. The summed E-state index contributed by atoms with van der Waals surface area (Å²) in [6, 6.07) is 5.70. The SMILES string of the molecule is CNc1ncnnc1-c1cc(Br)ccc1OC. The molecule has 0 bridgehead atoms. The zero-order chi connectivity index (χ0) is 12.3. The lowest BCUT2D eigenvalue weighted by atomic mass is 10.1. The van der Waals surface area contributed by atoms with Crippen LogP contribution in [0.2, 0.25) is 0 Å². The third-order valence-electron chi connectivity index (χ3n) is 2.27. The lowest BCUT2D eigenvalue weighted by molar-refractivity contribution is 0.416. The topological polar surface area (TPSA) is 59.9 Å². The first kappa shape index (κ1) is 11.8. The summed E-state index contributed by atoms with van der Waals surface area (Å²) < 4.78 is 6.26. The molecule has 0 saturated carbocycles. The van der Waals surface area contributed by atoms with Crippen LogP contribution in [0.1, 0.15) is 0 Å². The number of halogens is 1. The molecule has 0 fully saturated rings. The summed E-state index contributed by atoms with van der Waals surface area (Å²) in [5.74, 6) is 1.39. The van der Waals surface area contributed by atoms with E-state index in [1.54, 1.807) is 14.2 Å². The second kappa shape index (κ2) is 5.09. The molecule has 17 heavy (non-hydrogen) atoms. The molecule has 2 rings (SSSR count). The van der Waals surface area contributed by atoms with Crippen LogP contribution >= 0.6 is 15.9 Å². The normalized spacial score (nSPS) is 10.1. The highest BCUT2D eigenvalue weighted by molar-refractivity contribution is 9.10. The zero-order valence-corrected chi connectivity index (χ0v) is 11.0. The van der Waals surface area contributed by atoms with Crippen molar-refractivity contribution in [2.45, 2.75) is 0 Å². The van der Waals surface area contributed by atoms with Gasteiger partial charge in [-0.25, -0.2) is 4.98 Å². The number of rotatable bonds is 3. The Hall–Kier alpha value is -1.69. The lowest BCUT2D eigenvalue weighted by Crippen LogP contribution is -2.00. The van der Waals surface area contributed by atoms with E-state index in [1.807, 2.05) is 18.2 Å². The fraction of sp³-hybridized carbons (Fsp3) is 0.182. The quantitative estimate of drug-likeness (QED) is 0.942. The monoisotopic (exact) mass is 294 g/mol. The fourth-order valence-corrected chi connectivity index (χ4v) is 1.87. The van der Waals surface area contributed by atoms with Gasteiger partial charge in [-0.15, -0.1) is 10.2 Å². The number of benzene rings is 1. The molecule has 0 spiro atoms. The summed E-state index contributed by atoms with van der Waals surface area (Å²) in [6.45, 7) is 0. The predicted octanol–water partition coefficient (Wildman–Crippen LogP) is 2.35. The second-order valence-corrected chi connectivity index (χ2v) is 4.17. The Bertz CT molecular complexity index is 533. The number of anilines is 1. The van der Waals surface area contributed by atoms with Crippen LogP contribution in [0.4, 0.5) is 5.82 Å². The van der Waals surface area contributed by atoms with Crippen molar-refractivity contribution in [2.24, 2.45) is 0 Å². The van der Waals surface area contributed by atoms with Crippen molar-refractivity contribution in [1.29, 1.82) is 0 Å². The van der Waals surface area contributed by atoms with Crippen LogP contribution in [0.5, 0.6) is 5.75 Å². The molecule has 88 valence electrons. The number of aromatic nitrogens is 3. The van der Waals surface area contributed by atoms with Crippen molar-refractivity contribution in [1.82, 2.24) is 15.2 Å². The average molecular weight is 295 g/mol. The molecular weight excluding hydrogens is 284 g/mol. The minimum absolute atomic E-state index is 0.660. The molecule has 0 aliphatic rings. The molecule has 0 atom stereocenters. The third-order valence-corrected chi connectivity index (χ3v) is 2.77. The van der Waals surface area contributed by atoms with Crippen LogP contribution < -0.4 is 10.1 Å². The van der Waals surface area contributed by atoms with Gasteiger partial charge >= 0.3 is 0 Å². The molecule has 1 N–H and O–H groups in total. The number of nitrogens with zero attached hydrogens (tertiary/aromatic N) is 3. The molecule has 0 radical (unpaired) electrons. The van der Waals surface area contributed by atoms with Gasteiger partial charge in [-0.3, -0.25) is 0 Å². The molecule has 1 aromatic carbocycles. The van der Waals surface area contributed by atoms with Crippen LogP contribution in [0, 0.1) is 0 Å². The highest BCUT2D eigenvalue weighted by atomic mass is 79.9. The summed E-state index contributed by atoms with van der Waals surface area (Å²) in [5, 5.41) is 10.9. The van der Waals surface area contributed by atoms with Crippen LogP contribution in [-0.2, 0) is 0 Å². The summed E-state index contributed by atoms with van der Waals surface area (Å²) in [5.41, 5.74) is 1.50. The summed E-state index contributed by atoms with van der Waals surface area (Å²) >= 11 is 3.42. The Balaban J connectivity index is 2.62. The minimum Gasteiger partial charge on any atom is -0.496 e. The summed E-state index contributed by atoms with van der Waals surface area (Å²) in [4.78, 5) is 4.12. The Labute approximate surface area is 107 Å². The van der Waals surface area contributed by atoms with Crippen molar-refractivity contribution in [3.8, 4) is 17.0 Å². The van der Waals surface area contributed by atoms with E-state index >= 15 is 0 Å². The van der Waals surface area contributed by atoms with Gasteiger partial charge in [-0.2, -0.15) is 0 Å². The van der Waals surface area contributed by atoms with E-state index in [9.17, 15) is 0 Å². The Morgan fingerprint density at radius 1 is 1.35 bits per heavy atom. The standard InChI is InChI=1S/C11H11BrN4O/c1-13-11-10(16-15-6-14-11)8-5-7(12)3-4-9(8)17-2/h3-6H,1-2H3,(H,13,14,15). The fourth-order valence-electron chi connectivity index (χ4n) is 1.51. The van der Waals surface area contributed by atoms with Crippen molar-refractivity contribution in [2.75, 3.05) is 19.5 Å². The summed E-state index contributed by atoms with van der Waals surface area (Å²) in [7, 11) is 3.41. The van der Waals surface area contributed by atoms with Crippen molar-refractivity contribution < 1.29 is 4.74 Å². The van der Waals surface area contributed by atoms with Gasteiger partial charge in [0.25, 0.3) is 0 Å². The van der Waals surface area contributed by atoms with Crippen LogP contribution in [0.25, 0.3) is 11.3 Å². The zero-order valence-electron chi connectivity index (χ0n) is 9.44. The van der Waals surface area contributed by atoms with E-state index in [1.165, 1.54) is 6.33 Å². The van der Waals surface area contributed by atoms with E-state index in [2.05, 4.69) is 36.4 Å². The molecule has 5 nitrogen and oxygen atoms in total. The first-order valence-corrected chi connectivity index (χ1v) is 5.75. The smallest absolute Gasteiger partial charge is 0.156 e. The van der Waals surface area contributed by atoms with Gasteiger partial charge in [0, 0.05) is 17.1 Å². The molecule has 0 unspecified atom stereocenters. The second-order valence-electron chi connectivity index (χ2n) is 3.25. The molecule has 0 aliphatic heterocycles. The lowest BCUT2D eigenvalue weighted by Gasteiger charge is -2.10. The van der Waals surface area contributed by atoms with Crippen molar-refractivity contribution >= 4 is 21.7 Å². The number of ether oxygens (including phenoxy) is 1. The van der Waals surface area contributed by atoms with Gasteiger partial charge in [0.2, 0.25) is 0 Å². The maximum absolute atomic E-state index is 5.31. The molecular formula is C11H11BrN4O. The number of nitrogens with one attached hydrogen (secondary N) is 1. The minimum atomic E-state index is 0.660. The summed E-state index contributed by atoms with van der Waals surface area (Å²) in [6.07, 6.45) is 1.40. The first-order valence-electron chi connectivity index (χ1n) is 4.95. The largest absolute Gasteiger partial charge is 0.496 e. The van der Waals surface area contributed by atoms with Gasteiger partial charge < -0.3 is 10.1 Å². The van der Waals surface area contributed by atoms with Crippen molar-refractivity contribution in [3.05, 3.63) is 29.0 Å². The third kappa shape index (κ3) is 2.36. The van der Waals surface area contributed by atoms with Gasteiger partial charge in [-0.1, -0.05) is 15.9 Å². The van der Waals surface area contributed by atoms with Crippen molar-refractivity contribution in [3.63, 3.8) is 0 Å². The highest BCUT2D eigenvalue weighted by Gasteiger charge is 2.13. The number of hydrogen-bond donors (Lipinski definition) is 1. The van der Waals surface area contributed by atoms with Crippen LogP contribution in [0.3, 0.4) is 0 Å². The highest BCUT2D eigenvalue weighted by Crippen LogP contribution is 2.33. The van der Waals surface area contributed by atoms with E-state index in [-0.39, 0.29) is 0 Å². The molecule has 0 aliphatic carbocycles. The Morgan fingerprint density at radius 2 is 2.18 bits per heavy atom. The van der Waals surface area contributed by atoms with Gasteiger partial charge in [0.15, 0.2) is 5.82 Å². The maximum Gasteiger partial charge on any atom is 0.156 e. The molecule has 0 saturated heterocycles. The molecule has 1 aromatic heterocycles. The van der Waals surface area contributed by atoms with Crippen LogP contribution in [0.15, 0.2) is 29.0 Å². The van der Waals surface area contributed by atoms with E-state index in [4.69, 9.17) is 4.74 Å². The number of hydrogen-bond acceptors (Lipinski definition) is 5. The van der Waals surface area contributed by atoms with E-state index in [0.717, 1.165) is 15.8 Å². The van der Waals surface area contributed by atoms with E-state index in [0.29, 0.717) is 11.5 Å². The van der Waals surface area contributed by atoms with Gasteiger partial charge in [0.05, 0.1) is 7.11 Å². The first-order chi connectivity index (χ1) is 8.26. The average Bonchev–Trinajstić information content (AvgIpc) is 2.38. The number of methoxy groups -OCH3 is 1. The van der Waals surface area contributed by atoms with Gasteiger partial charge in [0.1, 0.15) is 17.8 Å². The maximum atomic E-state index is 5.31. The van der Waals surface area contributed by atoms with E-state index < -0.39 is 0 Å². The Morgan fingerprint density at radius 3 is 2.88 bits per heavy atom. The molecule has 1 heterocycles. The predicted molar refractivity (Wildman–Crippen MR) is 69.1 cm³/mol.